The normalized spacial score (nSPS) is 25.6. The van der Waals surface area contributed by atoms with Crippen molar-refractivity contribution in [2.45, 2.75) is 32.7 Å². The third-order valence-corrected chi connectivity index (χ3v) is 4.21. The zero-order chi connectivity index (χ0) is 12.4. The molecule has 0 bridgehead atoms. The summed E-state index contributed by atoms with van der Waals surface area (Å²) >= 11 is 0. The Kier molecular flexibility index (Phi) is 3.41. The van der Waals surface area contributed by atoms with Crippen molar-refractivity contribution in [2.75, 3.05) is 13.3 Å². The van der Waals surface area contributed by atoms with Gasteiger partial charge in [-0.15, -0.1) is 0 Å². The van der Waals surface area contributed by atoms with Gasteiger partial charge in [-0.05, 0) is 42.5 Å². The standard InChI is InChI=1S/C15H21NO2/c1-11-3-2-4-13(11)9-16-8-12-5-6-14-15(7-12)18-10-17-14/h5-7,11,13,16H,2-4,8-10H2,1H3. The molecule has 2 atom stereocenters. The van der Waals surface area contributed by atoms with E-state index in [2.05, 4.69) is 24.4 Å². The van der Waals surface area contributed by atoms with Crippen LogP contribution in [-0.2, 0) is 6.54 Å². The number of hydrogen-bond acceptors (Lipinski definition) is 3. The van der Waals surface area contributed by atoms with Gasteiger partial charge in [0.2, 0.25) is 6.79 Å². The summed E-state index contributed by atoms with van der Waals surface area (Å²) < 4.78 is 10.7. The van der Waals surface area contributed by atoms with Crippen LogP contribution < -0.4 is 14.8 Å². The van der Waals surface area contributed by atoms with Crippen LogP contribution in [0.3, 0.4) is 0 Å². The zero-order valence-corrected chi connectivity index (χ0v) is 10.9. The number of ether oxygens (including phenoxy) is 2. The monoisotopic (exact) mass is 247 g/mol. The summed E-state index contributed by atoms with van der Waals surface area (Å²) in [6.45, 7) is 4.78. The SMILES string of the molecule is CC1CCCC1CNCc1ccc2c(c1)OCO2. The van der Waals surface area contributed by atoms with Gasteiger partial charge in [-0.3, -0.25) is 0 Å². The van der Waals surface area contributed by atoms with Crippen molar-refractivity contribution < 1.29 is 9.47 Å². The molecule has 1 saturated carbocycles. The highest BCUT2D eigenvalue weighted by Gasteiger charge is 2.22. The van der Waals surface area contributed by atoms with Gasteiger partial charge in [-0.1, -0.05) is 25.8 Å². The van der Waals surface area contributed by atoms with Crippen LogP contribution in [0.5, 0.6) is 11.5 Å². The van der Waals surface area contributed by atoms with Crippen molar-refractivity contribution in [1.82, 2.24) is 5.32 Å². The third-order valence-electron chi connectivity index (χ3n) is 4.21. The summed E-state index contributed by atoms with van der Waals surface area (Å²) in [5.41, 5.74) is 1.27. The van der Waals surface area contributed by atoms with E-state index in [9.17, 15) is 0 Å². The average molecular weight is 247 g/mol. The molecule has 0 saturated heterocycles. The fraction of sp³-hybridized carbons (Fsp3) is 0.600. The summed E-state index contributed by atoms with van der Waals surface area (Å²) in [5, 5.41) is 3.57. The van der Waals surface area contributed by atoms with E-state index in [4.69, 9.17) is 9.47 Å². The lowest BCUT2D eigenvalue weighted by Crippen LogP contribution is -2.23. The molecule has 3 nitrogen and oxygen atoms in total. The van der Waals surface area contributed by atoms with Crippen LogP contribution >= 0.6 is 0 Å². The summed E-state index contributed by atoms with van der Waals surface area (Å²) in [6.07, 6.45) is 4.18. The van der Waals surface area contributed by atoms with Gasteiger partial charge in [0.05, 0.1) is 0 Å². The number of benzene rings is 1. The third kappa shape index (κ3) is 2.46. The van der Waals surface area contributed by atoms with Crippen LogP contribution in [0.25, 0.3) is 0 Å². The molecule has 1 heterocycles. The Balaban J connectivity index is 1.51. The molecule has 1 aromatic rings. The summed E-state index contributed by atoms with van der Waals surface area (Å²) in [4.78, 5) is 0. The van der Waals surface area contributed by atoms with Crippen molar-refractivity contribution >= 4 is 0 Å². The number of hydrogen-bond donors (Lipinski definition) is 1. The van der Waals surface area contributed by atoms with Gasteiger partial charge in [-0.2, -0.15) is 0 Å². The minimum absolute atomic E-state index is 0.353. The highest BCUT2D eigenvalue weighted by Crippen LogP contribution is 2.33. The van der Waals surface area contributed by atoms with Gasteiger partial charge >= 0.3 is 0 Å². The number of nitrogens with one attached hydrogen (secondary N) is 1. The van der Waals surface area contributed by atoms with E-state index in [-0.39, 0.29) is 0 Å². The summed E-state index contributed by atoms with van der Waals surface area (Å²) in [6, 6.07) is 6.18. The van der Waals surface area contributed by atoms with E-state index < -0.39 is 0 Å². The van der Waals surface area contributed by atoms with E-state index in [1.807, 2.05) is 6.07 Å². The first-order chi connectivity index (χ1) is 8.83. The Morgan fingerprint density at radius 2 is 2.11 bits per heavy atom. The molecule has 2 aliphatic rings. The van der Waals surface area contributed by atoms with E-state index >= 15 is 0 Å². The average Bonchev–Trinajstić information content (AvgIpc) is 2.98. The number of rotatable bonds is 4. The van der Waals surface area contributed by atoms with E-state index in [0.717, 1.165) is 36.4 Å². The van der Waals surface area contributed by atoms with Crippen LogP contribution in [0.4, 0.5) is 0 Å². The smallest absolute Gasteiger partial charge is 0.231 e. The highest BCUT2D eigenvalue weighted by molar-refractivity contribution is 5.44. The molecule has 1 N–H and O–H groups in total. The second-order valence-corrected chi connectivity index (χ2v) is 5.49. The van der Waals surface area contributed by atoms with Gasteiger partial charge in [-0.25, -0.2) is 0 Å². The van der Waals surface area contributed by atoms with Gasteiger partial charge in [0.15, 0.2) is 11.5 Å². The van der Waals surface area contributed by atoms with Crippen LogP contribution in [0.1, 0.15) is 31.7 Å². The Labute approximate surface area is 108 Å². The molecule has 2 unspecified atom stereocenters. The molecule has 1 aromatic carbocycles. The minimum Gasteiger partial charge on any atom is -0.454 e. The number of fused-ring (bicyclic) bond motifs is 1. The lowest BCUT2D eigenvalue weighted by atomic mass is 9.98. The molecule has 98 valence electrons. The van der Waals surface area contributed by atoms with Crippen molar-refractivity contribution in [3.05, 3.63) is 23.8 Å². The Bertz CT molecular complexity index is 419. The van der Waals surface area contributed by atoms with Crippen LogP contribution in [0.15, 0.2) is 18.2 Å². The van der Waals surface area contributed by atoms with Crippen molar-refractivity contribution in [2.24, 2.45) is 11.8 Å². The van der Waals surface area contributed by atoms with E-state index in [0.29, 0.717) is 6.79 Å². The van der Waals surface area contributed by atoms with E-state index in [1.165, 1.54) is 24.8 Å². The summed E-state index contributed by atoms with van der Waals surface area (Å²) in [7, 11) is 0. The molecule has 3 rings (SSSR count). The fourth-order valence-electron chi connectivity index (χ4n) is 2.98. The lowest BCUT2D eigenvalue weighted by Gasteiger charge is -2.16. The highest BCUT2D eigenvalue weighted by atomic mass is 16.7. The van der Waals surface area contributed by atoms with Crippen LogP contribution in [0, 0.1) is 11.8 Å². The Morgan fingerprint density at radius 1 is 1.22 bits per heavy atom. The quantitative estimate of drug-likeness (QED) is 0.887. The van der Waals surface area contributed by atoms with E-state index in [1.54, 1.807) is 0 Å². The molecule has 3 heteroatoms. The second kappa shape index (κ2) is 5.19. The predicted molar refractivity (Wildman–Crippen MR) is 70.8 cm³/mol. The summed E-state index contributed by atoms with van der Waals surface area (Å²) in [5.74, 6) is 3.49. The van der Waals surface area contributed by atoms with Gasteiger partial charge in [0, 0.05) is 6.54 Å². The molecule has 1 aliphatic carbocycles. The molecule has 0 amide bonds. The predicted octanol–water partition coefficient (Wildman–Crippen LogP) is 2.94. The first-order valence-electron chi connectivity index (χ1n) is 6.92. The molecule has 0 radical (unpaired) electrons. The maximum Gasteiger partial charge on any atom is 0.231 e. The molecule has 1 fully saturated rings. The van der Waals surface area contributed by atoms with Crippen LogP contribution in [-0.4, -0.2) is 13.3 Å². The van der Waals surface area contributed by atoms with Gasteiger partial charge in [0.25, 0.3) is 0 Å². The lowest BCUT2D eigenvalue weighted by molar-refractivity contribution is 0.174. The maximum atomic E-state index is 5.39. The second-order valence-electron chi connectivity index (χ2n) is 5.49. The van der Waals surface area contributed by atoms with Crippen LogP contribution in [0.2, 0.25) is 0 Å². The zero-order valence-electron chi connectivity index (χ0n) is 10.9. The van der Waals surface area contributed by atoms with Crippen molar-refractivity contribution in [3.8, 4) is 11.5 Å². The molecule has 18 heavy (non-hydrogen) atoms. The maximum absolute atomic E-state index is 5.39. The van der Waals surface area contributed by atoms with Gasteiger partial charge in [0.1, 0.15) is 0 Å². The first-order valence-corrected chi connectivity index (χ1v) is 6.92. The first kappa shape index (κ1) is 11.8. The van der Waals surface area contributed by atoms with Gasteiger partial charge < -0.3 is 14.8 Å². The van der Waals surface area contributed by atoms with Crippen molar-refractivity contribution in [3.63, 3.8) is 0 Å². The Hall–Kier alpha value is -1.22. The molecule has 0 spiro atoms. The fourth-order valence-corrected chi connectivity index (χ4v) is 2.98. The molecular formula is C15H21NO2. The molecule has 1 aliphatic heterocycles. The topological polar surface area (TPSA) is 30.5 Å². The largest absolute Gasteiger partial charge is 0.454 e. The molecule has 0 aromatic heterocycles. The molecular weight excluding hydrogens is 226 g/mol. The Morgan fingerprint density at radius 3 is 2.94 bits per heavy atom. The minimum atomic E-state index is 0.353. The van der Waals surface area contributed by atoms with Crippen molar-refractivity contribution in [1.29, 1.82) is 0 Å².